The highest BCUT2D eigenvalue weighted by atomic mass is 19.4. The molecule has 32 heavy (non-hydrogen) atoms. The monoisotopic (exact) mass is 450 g/mol. The van der Waals surface area contributed by atoms with Gasteiger partial charge in [0.2, 0.25) is 11.8 Å². The van der Waals surface area contributed by atoms with Gasteiger partial charge in [0, 0.05) is 18.7 Å². The highest BCUT2D eigenvalue weighted by molar-refractivity contribution is 6.02. The summed E-state index contributed by atoms with van der Waals surface area (Å²) >= 11 is 0. The maximum Gasteiger partial charge on any atom is 0.418 e. The van der Waals surface area contributed by atoms with E-state index < -0.39 is 29.2 Å². The molecule has 0 saturated heterocycles. The number of anilines is 2. The fourth-order valence-corrected chi connectivity index (χ4v) is 2.68. The number of hydrogen-bond acceptors (Lipinski definition) is 4. The van der Waals surface area contributed by atoms with Crippen LogP contribution < -0.4 is 20.1 Å². The normalized spacial score (nSPS) is 11.5. The number of hydrogen-bond donors (Lipinski definition) is 2. The highest BCUT2D eigenvalue weighted by Crippen LogP contribution is 2.36. The van der Waals surface area contributed by atoms with E-state index in [1.54, 1.807) is 18.2 Å². The van der Waals surface area contributed by atoms with E-state index in [4.69, 9.17) is 9.47 Å². The Morgan fingerprint density at radius 3 is 2.38 bits per heavy atom. The Bertz CT molecular complexity index is 1000. The molecule has 0 aliphatic carbocycles. The quantitative estimate of drug-likeness (QED) is 0.531. The van der Waals surface area contributed by atoms with Crippen LogP contribution in [-0.4, -0.2) is 25.5 Å². The number of nitrogens with one attached hydrogen (secondary N) is 2. The van der Waals surface area contributed by atoms with Gasteiger partial charge < -0.3 is 20.1 Å². The zero-order chi connectivity index (χ0) is 23.9. The third-order valence-electron chi connectivity index (χ3n) is 4.09. The molecule has 0 bridgehead atoms. The van der Waals surface area contributed by atoms with Crippen LogP contribution in [0, 0.1) is 5.92 Å². The minimum atomic E-state index is -4.72. The Labute approximate surface area is 184 Å². The summed E-state index contributed by atoms with van der Waals surface area (Å²) in [7, 11) is 1.49. The van der Waals surface area contributed by atoms with Crippen molar-refractivity contribution in [1.29, 1.82) is 0 Å². The molecule has 2 aromatic rings. The van der Waals surface area contributed by atoms with Gasteiger partial charge in [-0.25, -0.2) is 0 Å². The van der Waals surface area contributed by atoms with Gasteiger partial charge in [0.15, 0.2) is 11.5 Å². The molecule has 0 aliphatic heterocycles. The molecular formula is C23H25F3N2O4. The van der Waals surface area contributed by atoms with E-state index in [0.29, 0.717) is 29.6 Å². The lowest BCUT2D eigenvalue weighted by Crippen LogP contribution is -2.16. The highest BCUT2D eigenvalue weighted by Gasteiger charge is 2.34. The van der Waals surface area contributed by atoms with Gasteiger partial charge in [0.25, 0.3) is 0 Å². The smallest absolute Gasteiger partial charge is 0.418 e. The van der Waals surface area contributed by atoms with Crippen molar-refractivity contribution in [2.45, 2.75) is 26.9 Å². The SMILES string of the molecule is COc1cc(C=CC(=O)Nc2ccc(NC(C)=O)cc2C(F)(F)F)ccc1OCC(C)C. The molecule has 9 heteroatoms. The molecule has 0 unspecified atom stereocenters. The largest absolute Gasteiger partial charge is 0.493 e. The third-order valence-corrected chi connectivity index (χ3v) is 4.09. The number of ether oxygens (including phenoxy) is 2. The number of alkyl halides is 3. The first-order chi connectivity index (χ1) is 15.0. The average Bonchev–Trinajstić information content (AvgIpc) is 2.70. The zero-order valence-corrected chi connectivity index (χ0v) is 18.2. The third kappa shape index (κ3) is 7.33. The standard InChI is InChI=1S/C23H25F3N2O4/c1-14(2)13-32-20-9-5-16(11-21(20)31-4)6-10-22(30)28-19-8-7-17(27-15(3)29)12-18(19)23(24,25)26/h5-12,14H,13H2,1-4H3,(H,27,29)(H,28,30). The number of halogens is 3. The first-order valence-corrected chi connectivity index (χ1v) is 9.78. The van der Waals surface area contributed by atoms with Crippen LogP contribution in [0.1, 0.15) is 31.9 Å². The molecule has 0 saturated carbocycles. The molecule has 2 aromatic carbocycles. The van der Waals surface area contributed by atoms with Crippen LogP contribution >= 0.6 is 0 Å². The predicted octanol–water partition coefficient (Wildman–Crippen LogP) is 5.36. The Balaban J connectivity index is 2.17. The van der Waals surface area contributed by atoms with Gasteiger partial charge in [-0.2, -0.15) is 13.2 Å². The van der Waals surface area contributed by atoms with E-state index in [9.17, 15) is 22.8 Å². The maximum absolute atomic E-state index is 13.4. The molecule has 0 heterocycles. The number of rotatable bonds is 8. The predicted molar refractivity (Wildman–Crippen MR) is 117 cm³/mol. The van der Waals surface area contributed by atoms with E-state index in [2.05, 4.69) is 10.6 Å². The van der Waals surface area contributed by atoms with E-state index in [1.165, 1.54) is 26.2 Å². The maximum atomic E-state index is 13.4. The van der Waals surface area contributed by atoms with Crippen molar-refractivity contribution < 1.29 is 32.2 Å². The lowest BCUT2D eigenvalue weighted by molar-refractivity contribution is -0.137. The molecule has 2 N–H and O–H groups in total. The van der Waals surface area contributed by atoms with Crippen LogP contribution in [0.4, 0.5) is 24.5 Å². The van der Waals surface area contributed by atoms with Crippen molar-refractivity contribution in [2.75, 3.05) is 24.4 Å². The summed E-state index contributed by atoms with van der Waals surface area (Å²) in [5, 5.41) is 4.51. The molecule has 0 fully saturated rings. The summed E-state index contributed by atoms with van der Waals surface area (Å²) in [4.78, 5) is 23.3. The van der Waals surface area contributed by atoms with Crippen molar-refractivity contribution in [2.24, 2.45) is 5.92 Å². The van der Waals surface area contributed by atoms with Crippen LogP contribution in [-0.2, 0) is 15.8 Å². The zero-order valence-electron chi connectivity index (χ0n) is 18.2. The first-order valence-electron chi connectivity index (χ1n) is 9.78. The second kappa shape index (κ2) is 10.7. The van der Waals surface area contributed by atoms with Crippen molar-refractivity contribution in [1.82, 2.24) is 0 Å². The summed E-state index contributed by atoms with van der Waals surface area (Å²) in [5.41, 5.74) is -0.911. The Kier molecular flexibility index (Phi) is 8.28. The number of benzene rings is 2. The van der Waals surface area contributed by atoms with Crippen molar-refractivity contribution in [3.05, 3.63) is 53.6 Å². The Morgan fingerprint density at radius 2 is 1.78 bits per heavy atom. The summed E-state index contributed by atoms with van der Waals surface area (Å²) in [6.45, 7) is 5.72. The fraction of sp³-hybridized carbons (Fsp3) is 0.304. The summed E-state index contributed by atoms with van der Waals surface area (Å²) in [6, 6.07) is 8.18. The second-order valence-corrected chi connectivity index (χ2v) is 7.38. The molecule has 0 radical (unpaired) electrons. The summed E-state index contributed by atoms with van der Waals surface area (Å²) in [6.07, 6.45) is -2.16. The van der Waals surface area contributed by atoms with Crippen molar-refractivity contribution >= 4 is 29.3 Å². The lowest BCUT2D eigenvalue weighted by atomic mass is 10.1. The topological polar surface area (TPSA) is 76.7 Å². The number of carbonyl (C=O) groups is 2. The van der Waals surface area contributed by atoms with Crippen LogP contribution in [0.2, 0.25) is 0 Å². The molecule has 172 valence electrons. The molecule has 0 aliphatic rings. The number of carbonyl (C=O) groups excluding carboxylic acids is 2. The van der Waals surface area contributed by atoms with Gasteiger partial charge in [-0.1, -0.05) is 19.9 Å². The van der Waals surface area contributed by atoms with Crippen LogP contribution in [0.25, 0.3) is 6.08 Å². The molecule has 6 nitrogen and oxygen atoms in total. The second-order valence-electron chi connectivity index (χ2n) is 7.38. The van der Waals surface area contributed by atoms with Crippen molar-refractivity contribution in [3.63, 3.8) is 0 Å². The van der Waals surface area contributed by atoms with Crippen LogP contribution in [0.15, 0.2) is 42.5 Å². The van der Waals surface area contributed by atoms with E-state index in [1.807, 2.05) is 13.8 Å². The fourth-order valence-electron chi connectivity index (χ4n) is 2.68. The van der Waals surface area contributed by atoms with Gasteiger partial charge in [-0.15, -0.1) is 0 Å². The molecule has 2 rings (SSSR count). The molecular weight excluding hydrogens is 425 g/mol. The average molecular weight is 450 g/mol. The number of methoxy groups -OCH3 is 1. The Hall–Kier alpha value is -3.49. The summed E-state index contributed by atoms with van der Waals surface area (Å²) < 4.78 is 51.1. The van der Waals surface area contributed by atoms with Gasteiger partial charge in [0.1, 0.15) is 0 Å². The van der Waals surface area contributed by atoms with Crippen molar-refractivity contribution in [3.8, 4) is 11.5 Å². The molecule has 0 atom stereocenters. The molecule has 0 spiro atoms. The van der Waals surface area contributed by atoms with Gasteiger partial charge in [-0.3, -0.25) is 9.59 Å². The van der Waals surface area contributed by atoms with E-state index in [0.717, 1.165) is 18.2 Å². The van der Waals surface area contributed by atoms with E-state index >= 15 is 0 Å². The van der Waals surface area contributed by atoms with Gasteiger partial charge >= 0.3 is 6.18 Å². The number of amides is 2. The van der Waals surface area contributed by atoms with Gasteiger partial charge in [0.05, 0.1) is 25.0 Å². The van der Waals surface area contributed by atoms with Gasteiger partial charge in [-0.05, 0) is 47.9 Å². The Morgan fingerprint density at radius 1 is 1.06 bits per heavy atom. The molecule has 0 aromatic heterocycles. The lowest BCUT2D eigenvalue weighted by Gasteiger charge is -2.15. The molecule has 2 amide bonds. The minimum Gasteiger partial charge on any atom is -0.493 e. The minimum absolute atomic E-state index is 0.0229. The van der Waals surface area contributed by atoms with Crippen LogP contribution in [0.3, 0.4) is 0 Å². The van der Waals surface area contributed by atoms with Crippen LogP contribution in [0.5, 0.6) is 11.5 Å². The van der Waals surface area contributed by atoms with E-state index in [-0.39, 0.29) is 5.69 Å². The summed E-state index contributed by atoms with van der Waals surface area (Å²) in [5.74, 6) is 0.102. The first kappa shape index (κ1) is 24.8.